The first-order chi connectivity index (χ1) is 8.54. The fraction of sp³-hybridized carbons (Fsp3) is 0.417. The molecule has 5 nitrogen and oxygen atoms in total. The van der Waals surface area contributed by atoms with Crippen LogP contribution in [0.3, 0.4) is 0 Å². The molecule has 0 amide bonds. The maximum atomic E-state index is 11.6. The predicted octanol–water partition coefficient (Wildman–Crippen LogP) is 2.02. The third-order valence-corrected chi connectivity index (χ3v) is 3.99. The third-order valence-electron chi connectivity index (χ3n) is 2.58. The molecule has 0 spiro atoms. The van der Waals surface area contributed by atoms with Crippen molar-refractivity contribution in [1.29, 1.82) is 0 Å². The minimum absolute atomic E-state index is 0.219. The lowest BCUT2D eigenvalue weighted by atomic mass is 9.97. The van der Waals surface area contributed by atoms with Gasteiger partial charge in [0.1, 0.15) is 0 Å². The molecule has 0 radical (unpaired) electrons. The molecule has 2 aromatic heterocycles. The molecule has 2 aromatic rings. The molecule has 0 saturated carbocycles. The van der Waals surface area contributed by atoms with Gasteiger partial charge in [-0.05, 0) is 26.0 Å². The zero-order valence-electron chi connectivity index (χ0n) is 10.6. The number of esters is 1. The fourth-order valence-electron chi connectivity index (χ4n) is 1.50. The van der Waals surface area contributed by atoms with E-state index in [-0.39, 0.29) is 5.97 Å². The van der Waals surface area contributed by atoms with Crippen molar-refractivity contribution in [3.05, 3.63) is 24.4 Å². The summed E-state index contributed by atoms with van der Waals surface area (Å²) in [5.74, 6) is 0.374. The highest BCUT2D eigenvalue weighted by Crippen LogP contribution is 2.27. The van der Waals surface area contributed by atoms with Crippen molar-refractivity contribution in [2.45, 2.75) is 19.0 Å². The number of thioether (sulfide) groups is 1. The van der Waals surface area contributed by atoms with E-state index in [1.54, 1.807) is 0 Å². The fourth-order valence-corrected chi connectivity index (χ4v) is 2.50. The van der Waals surface area contributed by atoms with Crippen molar-refractivity contribution >= 4 is 23.4 Å². The number of aromatic nitrogens is 3. The van der Waals surface area contributed by atoms with Gasteiger partial charge in [-0.25, -0.2) is 0 Å². The maximum Gasteiger partial charge on any atom is 0.312 e. The summed E-state index contributed by atoms with van der Waals surface area (Å²) in [5.41, 5.74) is 0.260. The SMILES string of the molecule is COC(=O)C(C)(C)CSc1nnc2ccccn12. The van der Waals surface area contributed by atoms with E-state index < -0.39 is 5.41 Å². The Kier molecular flexibility index (Phi) is 3.56. The summed E-state index contributed by atoms with van der Waals surface area (Å²) < 4.78 is 6.68. The molecular weight excluding hydrogens is 250 g/mol. The zero-order valence-corrected chi connectivity index (χ0v) is 11.4. The van der Waals surface area contributed by atoms with Gasteiger partial charge in [0.25, 0.3) is 0 Å². The molecule has 0 saturated heterocycles. The molecular formula is C12H15N3O2S. The number of pyridine rings is 1. The van der Waals surface area contributed by atoms with Crippen molar-refractivity contribution in [1.82, 2.24) is 14.6 Å². The van der Waals surface area contributed by atoms with Crippen LogP contribution in [-0.2, 0) is 9.53 Å². The normalized spacial score (nSPS) is 11.7. The van der Waals surface area contributed by atoms with Gasteiger partial charge in [-0.1, -0.05) is 17.8 Å². The molecule has 0 aliphatic rings. The van der Waals surface area contributed by atoms with E-state index in [9.17, 15) is 4.79 Å². The Balaban J connectivity index is 2.13. The van der Waals surface area contributed by atoms with Crippen molar-refractivity contribution in [3.8, 4) is 0 Å². The standard InChI is InChI=1S/C12H15N3O2S/c1-12(2,10(16)17-3)8-18-11-14-13-9-6-4-5-7-15(9)11/h4-7H,8H2,1-3H3. The highest BCUT2D eigenvalue weighted by molar-refractivity contribution is 7.99. The first-order valence-electron chi connectivity index (χ1n) is 5.55. The average Bonchev–Trinajstić information content (AvgIpc) is 2.78. The third kappa shape index (κ3) is 2.48. The lowest BCUT2D eigenvalue weighted by Crippen LogP contribution is -2.28. The van der Waals surface area contributed by atoms with Crippen LogP contribution < -0.4 is 0 Å². The Hall–Kier alpha value is -1.56. The molecule has 0 atom stereocenters. The molecule has 96 valence electrons. The number of methoxy groups -OCH3 is 1. The Bertz CT molecular complexity index is 565. The second kappa shape index (κ2) is 4.97. The summed E-state index contributed by atoms with van der Waals surface area (Å²) in [6, 6.07) is 5.73. The highest BCUT2D eigenvalue weighted by Gasteiger charge is 2.29. The van der Waals surface area contributed by atoms with E-state index in [0.29, 0.717) is 5.75 Å². The molecule has 0 N–H and O–H groups in total. The van der Waals surface area contributed by atoms with Gasteiger partial charge in [0.15, 0.2) is 10.8 Å². The predicted molar refractivity (Wildman–Crippen MR) is 69.5 cm³/mol. The first-order valence-corrected chi connectivity index (χ1v) is 6.54. The molecule has 18 heavy (non-hydrogen) atoms. The zero-order chi connectivity index (χ0) is 13.2. The van der Waals surface area contributed by atoms with Crippen LogP contribution >= 0.6 is 11.8 Å². The van der Waals surface area contributed by atoms with E-state index in [2.05, 4.69) is 10.2 Å². The average molecular weight is 265 g/mol. The van der Waals surface area contributed by atoms with Gasteiger partial charge in [0.05, 0.1) is 12.5 Å². The number of fused-ring (bicyclic) bond motifs is 1. The van der Waals surface area contributed by atoms with Crippen molar-refractivity contribution in [2.24, 2.45) is 5.41 Å². The molecule has 0 bridgehead atoms. The Morgan fingerprint density at radius 2 is 2.22 bits per heavy atom. The first kappa shape index (κ1) is 12.9. The van der Waals surface area contributed by atoms with Crippen LogP contribution in [0.1, 0.15) is 13.8 Å². The van der Waals surface area contributed by atoms with Gasteiger partial charge in [0.2, 0.25) is 0 Å². The molecule has 2 rings (SSSR count). The summed E-state index contributed by atoms with van der Waals surface area (Å²) in [4.78, 5) is 11.6. The van der Waals surface area contributed by atoms with Crippen LogP contribution in [0.25, 0.3) is 5.65 Å². The van der Waals surface area contributed by atoms with Crippen LogP contribution in [0.2, 0.25) is 0 Å². The van der Waals surface area contributed by atoms with E-state index in [0.717, 1.165) is 10.8 Å². The minimum Gasteiger partial charge on any atom is -0.469 e. The van der Waals surface area contributed by atoms with E-state index in [1.165, 1.54) is 18.9 Å². The van der Waals surface area contributed by atoms with Crippen LogP contribution in [0.5, 0.6) is 0 Å². The van der Waals surface area contributed by atoms with Crippen molar-refractivity contribution < 1.29 is 9.53 Å². The summed E-state index contributed by atoms with van der Waals surface area (Å²) in [7, 11) is 1.40. The van der Waals surface area contributed by atoms with E-state index in [4.69, 9.17) is 4.74 Å². The number of hydrogen-bond donors (Lipinski definition) is 0. The second-order valence-corrected chi connectivity index (χ2v) is 5.52. The van der Waals surface area contributed by atoms with Gasteiger partial charge in [0, 0.05) is 11.9 Å². The van der Waals surface area contributed by atoms with Gasteiger partial charge >= 0.3 is 5.97 Å². The molecule has 0 fully saturated rings. The van der Waals surface area contributed by atoms with Crippen LogP contribution in [0.15, 0.2) is 29.6 Å². The number of rotatable bonds is 4. The minimum atomic E-state index is -0.542. The summed E-state index contributed by atoms with van der Waals surface area (Å²) in [5, 5.41) is 8.95. The Labute approximate surface area is 110 Å². The van der Waals surface area contributed by atoms with E-state index in [1.807, 2.05) is 42.6 Å². The molecule has 0 aromatic carbocycles. The van der Waals surface area contributed by atoms with Gasteiger partial charge in [-0.15, -0.1) is 10.2 Å². The summed E-state index contributed by atoms with van der Waals surface area (Å²) in [6.07, 6.45) is 1.91. The Morgan fingerprint density at radius 1 is 1.44 bits per heavy atom. The maximum absolute atomic E-state index is 11.6. The molecule has 0 aliphatic carbocycles. The number of ether oxygens (including phenoxy) is 1. The van der Waals surface area contributed by atoms with Gasteiger partial charge in [-0.3, -0.25) is 9.20 Å². The second-order valence-electron chi connectivity index (χ2n) is 4.58. The highest BCUT2D eigenvalue weighted by atomic mass is 32.2. The lowest BCUT2D eigenvalue weighted by molar-refractivity contribution is -0.149. The van der Waals surface area contributed by atoms with Crippen molar-refractivity contribution in [2.75, 3.05) is 12.9 Å². The summed E-state index contributed by atoms with van der Waals surface area (Å²) >= 11 is 1.50. The smallest absolute Gasteiger partial charge is 0.312 e. The largest absolute Gasteiger partial charge is 0.469 e. The lowest BCUT2D eigenvalue weighted by Gasteiger charge is -2.19. The van der Waals surface area contributed by atoms with E-state index >= 15 is 0 Å². The molecule has 6 heteroatoms. The van der Waals surface area contributed by atoms with Crippen LogP contribution in [-0.4, -0.2) is 33.4 Å². The summed E-state index contributed by atoms with van der Waals surface area (Å²) in [6.45, 7) is 3.71. The Morgan fingerprint density at radius 3 is 2.94 bits per heavy atom. The van der Waals surface area contributed by atoms with Crippen molar-refractivity contribution in [3.63, 3.8) is 0 Å². The number of hydrogen-bond acceptors (Lipinski definition) is 5. The number of nitrogens with zero attached hydrogens (tertiary/aromatic N) is 3. The molecule has 0 unspecified atom stereocenters. The van der Waals surface area contributed by atoms with Gasteiger partial charge in [-0.2, -0.15) is 0 Å². The molecule has 2 heterocycles. The topological polar surface area (TPSA) is 56.5 Å². The van der Waals surface area contributed by atoms with Crippen LogP contribution in [0, 0.1) is 5.41 Å². The van der Waals surface area contributed by atoms with Crippen LogP contribution in [0.4, 0.5) is 0 Å². The monoisotopic (exact) mass is 265 g/mol. The van der Waals surface area contributed by atoms with Gasteiger partial charge < -0.3 is 4.74 Å². The number of carbonyl (C=O) groups is 1. The number of carbonyl (C=O) groups excluding carboxylic acids is 1. The molecule has 0 aliphatic heterocycles. The quantitative estimate of drug-likeness (QED) is 0.625.